The van der Waals surface area contributed by atoms with Crippen LogP contribution >= 0.6 is 0 Å². The third kappa shape index (κ3) is 1.82. The molecule has 6 heteroatoms. The van der Waals surface area contributed by atoms with Crippen molar-refractivity contribution in [1.29, 1.82) is 0 Å². The Morgan fingerprint density at radius 3 is 2.63 bits per heavy atom. The van der Waals surface area contributed by atoms with Crippen molar-refractivity contribution < 1.29 is 4.42 Å². The summed E-state index contributed by atoms with van der Waals surface area (Å²) in [4.78, 5) is 2.12. The van der Waals surface area contributed by atoms with Gasteiger partial charge in [-0.15, -0.1) is 5.10 Å². The van der Waals surface area contributed by atoms with Gasteiger partial charge in [0, 0.05) is 24.7 Å². The lowest BCUT2D eigenvalue weighted by Gasteiger charge is -2.38. The van der Waals surface area contributed by atoms with Gasteiger partial charge in [0.2, 0.25) is 5.89 Å². The molecule has 0 atom stereocenters. The Labute approximate surface area is 111 Å². The standard InChI is InChI=1S/C13H17N5O/c1-8-5-9(2)18(16-8)11-6-17(7-11)13-15-14-12(19-13)10-3-4-10/h5,10-11H,3-4,6-7H2,1-2H3. The molecule has 2 aromatic rings. The van der Waals surface area contributed by atoms with Crippen molar-refractivity contribution in [2.45, 2.75) is 38.6 Å². The number of aryl methyl sites for hydroxylation is 2. The normalized spacial score (nSPS) is 19.8. The van der Waals surface area contributed by atoms with Crippen molar-refractivity contribution in [3.05, 3.63) is 23.3 Å². The minimum atomic E-state index is 0.421. The molecule has 0 N–H and O–H groups in total. The van der Waals surface area contributed by atoms with Crippen LogP contribution in [0.1, 0.15) is 42.1 Å². The van der Waals surface area contributed by atoms with Crippen molar-refractivity contribution in [2.75, 3.05) is 18.0 Å². The Hall–Kier alpha value is -1.85. The van der Waals surface area contributed by atoms with Crippen LogP contribution in [0, 0.1) is 13.8 Å². The maximum absolute atomic E-state index is 5.71. The van der Waals surface area contributed by atoms with Crippen LogP contribution in [-0.2, 0) is 0 Å². The van der Waals surface area contributed by atoms with Gasteiger partial charge in [0.25, 0.3) is 0 Å². The highest BCUT2D eigenvalue weighted by atomic mass is 16.4. The predicted molar refractivity (Wildman–Crippen MR) is 69.2 cm³/mol. The summed E-state index contributed by atoms with van der Waals surface area (Å²) in [5.41, 5.74) is 2.29. The maximum atomic E-state index is 5.71. The zero-order valence-electron chi connectivity index (χ0n) is 11.2. The van der Waals surface area contributed by atoms with E-state index in [2.05, 4.69) is 37.9 Å². The molecule has 1 saturated carbocycles. The first-order chi connectivity index (χ1) is 9.20. The fourth-order valence-corrected chi connectivity index (χ4v) is 2.63. The molecule has 0 unspecified atom stereocenters. The van der Waals surface area contributed by atoms with E-state index in [4.69, 9.17) is 4.42 Å². The summed E-state index contributed by atoms with van der Waals surface area (Å²) in [5, 5.41) is 12.8. The molecule has 2 fully saturated rings. The predicted octanol–water partition coefficient (Wildman–Crippen LogP) is 1.82. The van der Waals surface area contributed by atoms with Crippen LogP contribution in [0.3, 0.4) is 0 Å². The van der Waals surface area contributed by atoms with Gasteiger partial charge in [-0.1, -0.05) is 5.10 Å². The van der Waals surface area contributed by atoms with Crippen LogP contribution in [0.25, 0.3) is 0 Å². The lowest BCUT2D eigenvalue weighted by molar-refractivity contribution is 0.335. The van der Waals surface area contributed by atoms with E-state index in [1.54, 1.807) is 0 Å². The quantitative estimate of drug-likeness (QED) is 0.841. The van der Waals surface area contributed by atoms with Gasteiger partial charge in [-0.2, -0.15) is 5.10 Å². The first kappa shape index (κ1) is 11.0. The highest BCUT2D eigenvalue weighted by molar-refractivity contribution is 5.31. The molecule has 2 aromatic heterocycles. The van der Waals surface area contributed by atoms with Gasteiger partial charge in [-0.3, -0.25) is 4.68 Å². The zero-order valence-corrected chi connectivity index (χ0v) is 11.2. The molecule has 0 bridgehead atoms. The molecule has 3 heterocycles. The Balaban J connectivity index is 1.45. The van der Waals surface area contributed by atoms with E-state index < -0.39 is 0 Å². The summed E-state index contributed by atoms with van der Waals surface area (Å²) in [7, 11) is 0. The van der Waals surface area contributed by atoms with E-state index >= 15 is 0 Å². The molecule has 0 amide bonds. The monoisotopic (exact) mass is 259 g/mol. The first-order valence-corrected chi connectivity index (χ1v) is 6.82. The molecule has 6 nitrogen and oxygen atoms in total. The van der Waals surface area contributed by atoms with Gasteiger partial charge in [0.1, 0.15) is 0 Å². The van der Waals surface area contributed by atoms with Crippen molar-refractivity contribution >= 4 is 6.01 Å². The molecule has 0 spiro atoms. The lowest BCUT2D eigenvalue weighted by atomic mass is 10.1. The van der Waals surface area contributed by atoms with Crippen LogP contribution < -0.4 is 4.90 Å². The van der Waals surface area contributed by atoms with Crippen molar-refractivity contribution in [3.8, 4) is 0 Å². The van der Waals surface area contributed by atoms with E-state index in [0.717, 1.165) is 24.7 Å². The average molecular weight is 259 g/mol. The molecular weight excluding hydrogens is 242 g/mol. The molecule has 1 aliphatic heterocycles. The molecule has 1 saturated heterocycles. The fourth-order valence-electron chi connectivity index (χ4n) is 2.63. The van der Waals surface area contributed by atoms with Crippen molar-refractivity contribution in [2.24, 2.45) is 0 Å². The Kier molecular flexibility index (Phi) is 2.22. The van der Waals surface area contributed by atoms with Crippen LogP contribution in [-0.4, -0.2) is 33.1 Å². The molecule has 19 heavy (non-hydrogen) atoms. The van der Waals surface area contributed by atoms with Crippen LogP contribution in [0.15, 0.2) is 10.5 Å². The summed E-state index contributed by atoms with van der Waals surface area (Å²) in [6.45, 7) is 5.92. The van der Waals surface area contributed by atoms with E-state index in [1.165, 1.54) is 18.5 Å². The number of nitrogens with zero attached hydrogens (tertiary/aromatic N) is 5. The summed E-state index contributed by atoms with van der Waals surface area (Å²) < 4.78 is 7.81. The molecule has 0 radical (unpaired) electrons. The van der Waals surface area contributed by atoms with E-state index in [1.807, 2.05) is 6.92 Å². The maximum Gasteiger partial charge on any atom is 0.318 e. The van der Waals surface area contributed by atoms with Crippen molar-refractivity contribution in [3.63, 3.8) is 0 Å². The van der Waals surface area contributed by atoms with E-state index in [0.29, 0.717) is 18.0 Å². The van der Waals surface area contributed by atoms with Gasteiger partial charge in [0.05, 0.1) is 11.7 Å². The number of hydrogen-bond donors (Lipinski definition) is 0. The third-order valence-corrected chi connectivity index (χ3v) is 3.88. The highest BCUT2D eigenvalue weighted by Gasteiger charge is 2.35. The molecule has 0 aromatic carbocycles. The van der Waals surface area contributed by atoms with Crippen LogP contribution in [0.2, 0.25) is 0 Å². The highest BCUT2D eigenvalue weighted by Crippen LogP contribution is 2.40. The number of rotatable bonds is 3. The van der Waals surface area contributed by atoms with Crippen molar-refractivity contribution in [1.82, 2.24) is 20.0 Å². The minimum Gasteiger partial charge on any atom is -0.408 e. The molecule has 1 aliphatic carbocycles. The first-order valence-electron chi connectivity index (χ1n) is 6.82. The van der Waals surface area contributed by atoms with Gasteiger partial charge in [0.15, 0.2) is 0 Å². The number of anilines is 1. The average Bonchev–Trinajstić information content (AvgIpc) is 2.97. The molecule has 100 valence electrons. The van der Waals surface area contributed by atoms with Gasteiger partial charge >= 0.3 is 6.01 Å². The second kappa shape index (κ2) is 3.82. The molecular formula is C13H17N5O. The van der Waals surface area contributed by atoms with Gasteiger partial charge < -0.3 is 9.32 Å². The summed E-state index contributed by atoms with van der Waals surface area (Å²) in [6, 6.07) is 3.20. The zero-order chi connectivity index (χ0) is 13.0. The smallest absolute Gasteiger partial charge is 0.318 e. The number of hydrogen-bond acceptors (Lipinski definition) is 5. The number of aromatic nitrogens is 4. The fraction of sp³-hybridized carbons (Fsp3) is 0.615. The SMILES string of the molecule is Cc1cc(C)n(C2CN(c3nnc(C4CC4)o3)C2)n1. The van der Waals surface area contributed by atoms with Gasteiger partial charge in [-0.05, 0) is 32.8 Å². The van der Waals surface area contributed by atoms with E-state index in [9.17, 15) is 0 Å². The topological polar surface area (TPSA) is 60.0 Å². The summed E-state index contributed by atoms with van der Waals surface area (Å²) in [6.07, 6.45) is 2.38. The Morgan fingerprint density at radius 2 is 2.00 bits per heavy atom. The molecule has 2 aliphatic rings. The van der Waals surface area contributed by atoms with E-state index in [-0.39, 0.29) is 0 Å². The third-order valence-electron chi connectivity index (χ3n) is 3.88. The lowest BCUT2D eigenvalue weighted by Crippen LogP contribution is -2.48. The second-order valence-corrected chi connectivity index (χ2v) is 5.63. The van der Waals surface area contributed by atoms with Gasteiger partial charge in [-0.25, -0.2) is 0 Å². The Morgan fingerprint density at radius 1 is 1.21 bits per heavy atom. The largest absolute Gasteiger partial charge is 0.408 e. The summed E-state index contributed by atoms with van der Waals surface area (Å²) in [5.74, 6) is 1.33. The molecule has 4 rings (SSSR count). The Bertz CT molecular complexity index is 606. The summed E-state index contributed by atoms with van der Waals surface area (Å²) >= 11 is 0. The minimum absolute atomic E-state index is 0.421. The van der Waals surface area contributed by atoms with Crippen LogP contribution in [0.4, 0.5) is 6.01 Å². The second-order valence-electron chi connectivity index (χ2n) is 5.63. The van der Waals surface area contributed by atoms with Crippen LogP contribution in [0.5, 0.6) is 0 Å².